The van der Waals surface area contributed by atoms with Crippen LogP contribution in [0.5, 0.6) is 0 Å². The van der Waals surface area contributed by atoms with E-state index < -0.39 is 0 Å². The second-order valence-electron chi connectivity index (χ2n) is 5.76. The third-order valence-electron chi connectivity index (χ3n) is 4.41. The number of aromatic nitrogens is 1. The third kappa shape index (κ3) is 2.77. The smallest absolute Gasteiger partial charge is 0.155 e. The molecule has 3 rings (SSSR count). The summed E-state index contributed by atoms with van der Waals surface area (Å²) in [6.45, 7) is 4.51. The molecule has 1 aromatic heterocycles. The van der Waals surface area contributed by atoms with E-state index >= 15 is 0 Å². The zero-order valence-electron chi connectivity index (χ0n) is 12.0. The quantitative estimate of drug-likeness (QED) is 0.833. The number of hydrogen-bond acceptors (Lipinski definition) is 4. The highest BCUT2D eigenvalue weighted by Gasteiger charge is 2.36. The molecule has 108 valence electrons. The van der Waals surface area contributed by atoms with Crippen molar-refractivity contribution >= 4 is 29.3 Å². The Hall–Kier alpha value is -0.480. The lowest BCUT2D eigenvalue weighted by Crippen LogP contribution is -2.35. The van der Waals surface area contributed by atoms with Gasteiger partial charge in [0.2, 0.25) is 0 Å². The van der Waals surface area contributed by atoms with E-state index in [0.717, 1.165) is 30.7 Å². The normalized spacial score (nSPS) is 33.5. The molecular weight excluding hydrogens is 286 g/mol. The summed E-state index contributed by atoms with van der Waals surface area (Å²) in [5.41, 5.74) is 2.34. The van der Waals surface area contributed by atoms with Gasteiger partial charge in [-0.1, -0.05) is 19.9 Å². The van der Waals surface area contributed by atoms with Crippen LogP contribution in [0.1, 0.15) is 43.9 Å². The summed E-state index contributed by atoms with van der Waals surface area (Å²) in [5.74, 6) is 1.42. The van der Waals surface area contributed by atoms with E-state index in [4.69, 9.17) is 0 Å². The maximum Gasteiger partial charge on any atom is 0.155 e. The average Bonchev–Trinajstić information content (AvgIpc) is 2.49. The number of Topliss-reactive ketones (excluding diaryl/α,β-unsaturated/α-hetero) is 1. The summed E-state index contributed by atoms with van der Waals surface area (Å²) < 4.78 is 0. The van der Waals surface area contributed by atoms with Gasteiger partial charge in [0, 0.05) is 22.4 Å². The third-order valence-corrected chi connectivity index (χ3v) is 7.81. The van der Waals surface area contributed by atoms with E-state index in [9.17, 15) is 4.79 Å². The van der Waals surface area contributed by atoms with Gasteiger partial charge < -0.3 is 0 Å². The van der Waals surface area contributed by atoms with Crippen LogP contribution in [0.3, 0.4) is 0 Å². The van der Waals surface area contributed by atoms with Gasteiger partial charge in [-0.25, -0.2) is 0 Å². The predicted octanol–water partition coefficient (Wildman–Crippen LogP) is 3.70. The number of nitrogens with zero attached hydrogens (tertiary/aromatic N) is 1. The molecule has 0 bridgehead atoms. The number of fused-ring (bicyclic) bond motifs is 1. The molecule has 4 heteroatoms. The largest absolute Gasteiger partial charge is 0.298 e. The van der Waals surface area contributed by atoms with Crippen molar-refractivity contribution < 1.29 is 4.79 Å². The van der Waals surface area contributed by atoms with Gasteiger partial charge in [-0.15, -0.1) is 11.8 Å². The van der Waals surface area contributed by atoms with Crippen LogP contribution in [-0.2, 0) is 11.2 Å². The zero-order chi connectivity index (χ0) is 14.1. The predicted molar refractivity (Wildman–Crippen MR) is 87.7 cm³/mol. The minimum atomic E-state index is 0.0404. The lowest BCUT2D eigenvalue weighted by Gasteiger charge is -2.33. The highest BCUT2D eigenvalue weighted by Crippen LogP contribution is 2.40. The number of aryl methyl sites for hydroxylation is 1. The SMILES string of the molecule is CC1SCC(C(=O)C2CCCc3cccnc32)SC1C. The van der Waals surface area contributed by atoms with Crippen molar-refractivity contribution in [3.05, 3.63) is 29.6 Å². The molecule has 4 unspecified atom stereocenters. The average molecular weight is 307 g/mol. The fourth-order valence-electron chi connectivity index (χ4n) is 3.04. The van der Waals surface area contributed by atoms with Crippen LogP contribution in [0.15, 0.2) is 18.3 Å². The number of carbonyl (C=O) groups excluding carboxylic acids is 1. The Labute approximate surface area is 129 Å². The van der Waals surface area contributed by atoms with Crippen LogP contribution in [0, 0.1) is 0 Å². The first-order valence-corrected chi connectivity index (χ1v) is 9.40. The topological polar surface area (TPSA) is 30.0 Å². The molecule has 0 aromatic carbocycles. The maximum absolute atomic E-state index is 12.9. The first-order chi connectivity index (χ1) is 9.66. The van der Waals surface area contributed by atoms with Gasteiger partial charge in [0.25, 0.3) is 0 Å². The van der Waals surface area contributed by atoms with Gasteiger partial charge in [-0.05, 0) is 30.9 Å². The highest BCUT2D eigenvalue weighted by atomic mass is 32.2. The molecule has 1 aliphatic carbocycles. The number of carbonyl (C=O) groups is 1. The van der Waals surface area contributed by atoms with Crippen LogP contribution in [-0.4, -0.2) is 32.3 Å². The Morgan fingerprint density at radius 1 is 1.35 bits per heavy atom. The molecule has 1 fully saturated rings. The lowest BCUT2D eigenvalue weighted by atomic mass is 9.83. The summed E-state index contributed by atoms with van der Waals surface area (Å²) in [5, 5.41) is 1.37. The van der Waals surface area contributed by atoms with E-state index in [1.807, 2.05) is 35.8 Å². The summed E-state index contributed by atoms with van der Waals surface area (Å²) in [4.78, 5) is 17.4. The molecular formula is C16H21NOS2. The van der Waals surface area contributed by atoms with Crippen LogP contribution in [0.2, 0.25) is 0 Å². The van der Waals surface area contributed by atoms with Crippen molar-refractivity contribution in [2.45, 2.75) is 54.8 Å². The van der Waals surface area contributed by atoms with Gasteiger partial charge in [0.1, 0.15) is 0 Å². The van der Waals surface area contributed by atoms with Crippen LogP contribution >= 0.6 is 23.5 Å². The lowest BCUT2D eigenvalue weighted by molar-refractivity contribution is -0.120. The van der Waals surface area contributed by atoms with Crippen LogP contribution in [0.4, 0.5) is 0 Å². The molecule has 1 aromatic rings. The molecule has 2 nitrogen and oxygen atoms in total. The summed E-state index contributed by atoms with van der Waals surface area (Å²) >= 11 is 3.82. The molecule has 0 radical (unpaired) electrons. The van der Waals surface area contributed by atoms with Gasteiger partial charge in [0.15, 0.2) is 5.78 Å². The van der Waals surface area contributed by atoms with Crippen molar-refractivity contribution in [3.63, 3.8) is 0 Å². The minimum absolute atomic E-state index is 0.0404. The molecule has 0 amide bonds. The molecule has 0 saturated carbocycles. The van der Waals surface area contributed by atoms with Gasteiger partial charge in [-0.3, -0.25) is 9.78 Å². The standard InChI is InChI=1S/C16H21NOS2/c1-10-11(2)20-14(9-19-10)16(18)13-7-3-5-12-6-4-8-17-15(12)13/h4,6,8,10-11,13-14H,3,5,7,9H2,1-2H3. The van der Waals surface area contributed by atoms with Crippen LogP contribution in [0.25, 0.3) is 0 Å². The van der Waals surface area contributed by atoms with Crippen LogP contribution < -0.4 is 0 Å². The summed E-state index contributed by atoms with van der Waals surface area (Å²) in [7, 11) is 0. The maximum atomic E-state index is 12.9. The molecule has 2 aliphatic rings. The van der Waals surface area contributed by atoms with Crippen molar-refractivity contribution in [3.8, 4) is 0 Å². The second-order valence-corrected chi connectivity index (χ2v) is 8.76. The zero-order valence-corrected chi connectivity index (χ0v) is 13.7. The van der Waals surface area contributed by atoms with Crippen molar-refractivity contribution in [2.75, 3.05) is 5.75 Å². The molecule has 1 aliphatic heterocycles. The molecule has 0 N–H and O–H groups in total. The fourth-order valence-corrected chi connectivity index (χ4v) is 5.97. The monoisotopic (exact) mass is 307 g/mol. The van der Waals surface area contributed by atoms with Crippen molar-refractivity contribution in [1.29, 1.82) is 0 Å². The van der Waals surface area contributed by atoms with Gasteiger partial charge in [0.05, 0.1) is 16.9 Å². The Bertz CT molecular complexity index is 505. The van der Waals surface area contributed by atoms with Crippen molar-refractivity contribution in [1.82, 2.24) is 4.98 Å². The number of pyridine rings is 1. The van der Waals surface area contributed by atoms with E-state index in [0.29, 0.717) is 16.3 Å². The summed E-state index contributed by atoms with van der Waals surface area (Å²) in [6.07, 6.45) is 5.00. The van der Waals surface area contributed by atoms with Crippen molar-refractivity contribution in [2.24, 2.45) is 0 Å². The summed E-state index contributed by atoms with van der Waals surface area (Å²) in [6, 6.07) is 4.12. The van der Waals surface area contributed by atoms with E-state index in [1.54, 1.807) is 0 Å². The number of thioether (sulfide) groups is 2. The Kier molecular flexibility index (Phi) is 4.41. The number of ketones is 1. The van der Waals surface area contributed by atoms with Gasteiger partial charge >= 0.3 is 0 Å². The minimum Gasteiger partial charge on any atom is -0.298 e. The van der Waals surface area contributed by atoms with Gasteiger partial charge in [-0.2, -0.15) is 11.8 Å². The van der Waals surface area contributed by atoms with E-state index in [1.165, 1.54) is 5.56 Å². The molecule has 4 atom stereocenters. The molecule has 20 heavy (non-hydrogen) atoms. The fraction of sp³-hybridized carbons (Fsp3) is 0.625. The Balaban J connectivity index is 1.78. The Morgan fingerprint density at radius 2 is 2.20 bits per heavy atom. The molecule has 2 heterocycles. The first-order valence-electron chi connectivity index (χ1n) is 7.41. The molecule has 1 saturated heterocycles. The second kappa shape index (κ2) is 6.10. The van der Waals surface area contributed by atoms with E-state index in [2.05, 4.69) is 24.9 Å². The first kappa shape index (κ1) is 14.5. The highest BCUT2D eigenvalue weighted by molar-refractivity contribution is 8.08. The number of hydrogen-bond donors (Lipinski definition) is 0. The Morgan fingerprint density at radius 3 is 3.00 bits per heavy atom. The van der Waals surface area contributed by atoms with E-state index in [-0.39, 0.29) is 11.2 Å². The molecule has 0 spiro atoms. The number of rotatable bonds is 2.